The Kier molecular flexibility index (Phi) is 5.62. The van der Waals surface area contributed by atoms with Crippen molar-refractivity contribution in [3.8, 4) is 11.5 Å². The van der Waals surface area contributed by atoms with Gasteiger partial charge in [0.2, 0.25) is 12.7 Å². The van der Waals surface area contributed by atoms with Crippen molar-refractivity contribution in [3.63, 3.8) is 0 Å². The van der Waals surface area contributed by atoms with Crippen LogP contribution in [0.1, 0.15) is 10.4 Å². The highest BCUT2D eigenvalue weighted by Gasteiger charge is 2.23. The standard InChI is InChI=1S/C23H22N6O4/c30-21(18-6-2-7-19-20(18)33-15-32-19)26-16-4-1-5-17(14-16)27-23(31)29-12-10-28(11-13-29)22-24-8-3-9-25-22/h1-9,14H,10-13,15H2,(H,26,30)(H,27,31). The van der Waals surface area contributed by atoms with Gasteiger partial charge in [0.1, 0.15) is 0 Å². The summed E-state index contributed by atoms with van der Waals surface area (Å²) in [4.78, 5) is 37.8. The molecule has 33 heavy (non-hydrogen) atoms. The van der Waals surface area contributed by atoms with Crippen molar-refractivity contribution in [3.05, 3.63) is 66.5 Å². The predicted octanol–water partition coefficient (Wildman–Crippen LogP) is 2.81. The molecule has 0 aliphatic carbocycles. The molecule has 0 radical (unpaired) electrons. The number of hydrogen-bond donors (Lipinski definition) is 2. The Hall–Kier alpha value is -4.34. The smallest absolute Gasteiger partial charge is 0.321 e. The first-order valence-electron chi connectivity index (χ1n) is 10.6. The van der Waals surface area contributed by atoms with Crippen molar-refractivity contribution in [2.45, 2.75) is 0 Å². The summed E-state index contributed by atoms with van der Waals surface area (Å²) in [6, 6.07) is 13.8. The van der Waals surface area contributed by atoms with Crippen LogP contribution in [0, 0.1) is 0 Å². The van der Waals surface area contributed by atoms with Gasteiger partial charge in [0.15, 0.2) is 11.5 Å². The Morgan fingerprint density at radius 2 is 1.58 bits per heavy atom. The number of nitrogens with one attached hydrogen (secondary N) is 2. The molecule has 2 aliphatic rings. The van der Waals surface area contributed by atoms with Crippen molar-refractivity contribution >= 4 is 29.3 Å². The topological polar surface area (TPSA) is 109 Å². The Balaban J connectivity index is 1.19. The maximum Gasteiger partial charge on any atom is 0.321 e. The lowest BCUT2D eigenvalue weighted by atomic mass is 10.1. The van der Waals surface area contributed by atoms with Crippen molar-refractivity contribution in [2.24, 2.45) is 0 Å². The second kappa shape index (κ2) is 9.03. The number of nitrogens with zero attached hydrogens (tertiary/aromatic N) is 4. The van der Waals surface area contributed by atoms with E-state index in [1.807, 2.05) is 0 Å². The van der Waals surface area contributed by atoms with E-state index in [2.05, 4.69) is 25.5 Å². The number of carbonyl (C=O) groups is 2. The number of aromatic nitrogens is 2. The molecular weight excluding hydrogens is 424 g/mol. The van der Waals surface area contributed by atoms with Gasteiger partial charge in [-0.05, 0) is 36.4 Å². The number of urea groups is 1. The van der Waals surface area contributed by atoms with Crippen LogP contribution in [-0.2, 0) is 0 Å². The molecule has 3 aromatic rings. The molecule has 2 aromatic carbocycles. The third kappa shape index (κ3) is 4.49. The summed E-state index contributed by atoms with van der Waals surface area (Å²) < 4.78 is 10.7. The summed E-state index contributed by atoms with van der Waals surface area (Å²) in [5, 5.41) is 5.75. The molecule has 2 aliphatic heterocycles. The molecule has 10 heteroatoms. The number of hydrogen-bond acceptors (Lipinski definition) is 7. The van der Waals surface area contributed by atoms with Crippen molar-refractivity contribution in [2.75, 3.05) is 48.5 Å². The zero-order chi connectivity index (χ0) is 22.6. The number of para-hydroxylation sites is 1. The van der Waals surface area contributed by atoms with E-state index in [1.165, 1.54) is 0 Å². The number of ether oxygens (including phenoxy) is 2. The summed E-state index contributed by atoms with van der Waals surface area (Å²) >= 11 is 0. The molecular formula is C23H22N6O4. The van der Waals surface area contributed by atoms with Crippen LogP contribution in [0.4, 0.5) is 22.1 Å². The van der Waals surface area contributed by atoms with E-state index in [1.54, 1.807) is 65.8 Å². The first kappa shape index (κ1) is 20.6. The normalized spacial score (nSPS) is 14.7. The number of benzene rings is 2. The molecule has 3 amide bonds. The summed E-state index contributed by atoms with van der Waals surface area (Å²) in [5.74, 6) is 1.32. The first-order valence-corrected chi connectivity index (χ1v) is 10.6. The van der Waals surface area contributed by atoms with Crippen LogP contribution in [0.2, 0.25) is 0 Å². The molecule has 1 fully saturated rings. The fourth-order valence-corrected chi connectivity index (χ4v) is 3.75. The molecule has 0 atom stereocenters. The third-order valence-electron chi connectivity index (χ3n) is 5.41. The molecule has 2 N–H and O–H groups in total. The van der Waals surface area contributed by atoms with Gasteiger partial charge in [0.05, 0.1) is 5.56 Å². The quantitative estimate of drug-likeness (QED) is 0.634. The minimum Gasteiger partial charge on any atom is -0.454 e. The number of fused-ring (bicyclic) bond motifs is 1. The summed E-state index contributed by atoms with van der Waals surface area (Å²) in [7, 11) is 0. The second-order valence-corrected chi connectivity index (χ2v) is 7.53. The van der Waals surface area contributed by atoms with Crippen LogP contribution in [-0.4, -0.2) is 59.8 Å². The lowest BCUT2D eigenvalue weighted by Crippen LogP contribution is -2.50. The number of piperazine rings is 1. The molecule has 1 aromatic heterocycles. The van der Waals surface area contributed by atoms with Crippen LogP contribution in [0.15, 0.2) is 60.9 Å². The average molecular weight is 446 g/mol. The van der Waals surface area contributed by atoms with E-state index in [0.29, 0.717) is 60.6 Å². The van der Waals surface area contributed by atoms with Crippen LogP contribution in [0.5, 0.6) is 11.5 Å². The Labute approximate surface area is 190 Å². The lowest BCUT2D eigenvalue weighted by Gasteiger charge is -2.34. The monoisotopic (exact) mass is 446 g/mol. The van der Waals surface area contributed by atoms with E-state index in [-0.39, 0.29) is 18.7 Å². The van der Waals surface area contributed by atoms with Gasteiger partial charge in [-0.25, -0.2) is 14.8 Å². The number of carbonyl (C=O) groups excluding carboxylic acids is 2. The van der Waals surface area contributed by atoms with Crippen LogP contribution in [0.3, 0.4) is 0 Å². The largest absolute Gasteiger partial charge is 0.454 e. The Morgan fingerprint density at radius 1 is 0.848 bits per heavy atom. The maximum atomic E-state index is 12.7. The first-order chi connectivity index (χ1) is 16.2. The molecule has 0 bridgehead atoms. The second-order valence-electron chi connectivity index (χ2n) is 7.53. The zero-order valence-corrected chi connectivity index (χ0v) is 17.7. The van der Waals surface area contributed by atoms with Gasteiger partial charge in [0, 0.05) is 49.9 Å². The highest BCUT2D eigenvalue weighted by atomic mass is 16.7. The number of rotatable bonds is 4. The summed E-state index contributed by atoms with van der Waals surface area (Å²) in [5.41, 5.74) is 1.53. The molecule has 5 rings (SSSR count). The molecule has 168 valence electrons. The van der Waals surface area contributed by atoms with Crippen molar-refractivity contribution in [1.29, 1.82) is 0 Å². The molecule has 0 spiro atoms. The van der Waals surface area contributed by atoms with Crippen LogP contribution >= 0.6 is 0 Å². The van der Waals surface area contributed by atoms with E-state index in [9.17, 15) is 9.59 Å². The summed E-state index contributed by atoms with van der Waals surface area (Å²) in [6.45, 7) is 2.51. The van der Waals surface area contributed by atoms with Gasteiger partial charge in [-0.3, -0.25) is 4.79 Å². The average Bonchev–Trinajstić information content (AvgIpc) is 3.34. The number of amides is 3. The molecule has 0 saturated carbocycles. The van der Waals surface area contributed by atoms with Gasteiger partial charge in [-0.15, -0.1) is 0 Å². The maximum absolute atomic E-state index is 12.7. The van der Waals surface area contributed by atoms with E-state index in [0.717, 1.165) is 0 Å². The molecule has 3 heterocycles. The zero-order valence-electron chi connectivity index (χ0n) is 17.7. The Morgan fingerprint density at radius 3 is 2.36 bits per heavy atom. The minimum absolute atomic E-state index is 0.0910. The SMILES string of the molecule is O=C(Nc1cccc(NC(=O)N2CCN(c3ncccn3)CC2)c1)c1cccc2c1OCO2. The van der Waals surface area contributed by atoms with Gasteiger partial charge < -0.3 is 29.9 Å². The van der Waals surface area contributed by atoms with Crippen molar-refractivity contribution < 1.29 is 19.1 Å². The molecule has 10 nitrogen and oxygen atoms in total. The van der Waals surface area contributed by atoms with E-state index >= 15 is 0 Å². The highest BCUT2D eigenvalue weighted by molar-refractivity contribution is 6.07. The lowest BCUT2D eigenvalue weighted by molar-refractivity contribution is 0.102. The van der Waals surface area contributed by atoms with Crippen molar-refractivity contribution in [1.82, 2.24) is 14.9 Å². The van der Waals surface area contributed by atoms with Gasteiger partial charge in [0.25, 0.3) is 5.91 Å². The van der Waals surface area contributed by atoms with Gasteiger partial charge >= 0.3 is 6.03 Å². The summed E-state index contributed by atoms with van der Waals surface area (Å²) in [6.07, 6.45) is 3.41. The minimum atomic E-state index is -0.319. The fourth-order valence-electron chi connectivity index (χ4n) is 3.75. The van der Waals surface area contributed by atoms with Crippen LogP contribution < -0.4 is 25.0 Å². The van der Waals surface area contributed by atoms with Gasteiger partial charge in [-0.1, -0.05) is 12.1 Å². The van der Waals surface area contributed by atoms with Crippen LogP contribution in [0.25, 0.3) is 0 Å². The third-order valence-corrected chi connectivity index (χ3v) is 5.41. The molecule has 1 saturated heterocycles. The van der Waals surface area contributed by atoms with E-state index in [4.69, 9.17) is 9.47 Å². The van der Waals surface area contributed by atoms with Gasteiger partial charge in [-0.2, -0.15) is 0 Å². The predicted molar refractivity (Wildman–Crippen MR) is 122 cm³/mol. The molecule has 0 unspecified atom stereocenters. The highest BCUT2D eigenvalue weighted by Crippen LogP contribution is 2.35. The fraction of sp³-hybridized carbons (Fsp3) is 0.217. The van der Waals surface area contributed by atoms with E-state index < -0.39 is 0 Å². The number of anilines is 3. The Bertz CT molecular complexity index is 1160.